The molecule has 0 fully saturated rings. The maximum Gasteiger partial charge on any atom is 0.332 e. The molecule has 138 valence electrons. The van der Waals surface area contributed by atoms with Gasteiger partial charge in [0.2, 0.25) is 11.7 Å². The van der Waals surface area contributed by atoms with Crippen LogP contribution in [-0.2, 0) is 27.1 Å². The Morgan fingerprint density at radius 1 is 1.11 bits per heavy atom. The molecular formula is C17H17N7O3. The van der Waals surface area contributed by atoms with Gasteiger partial charge in [-0.25, -0.2) is 9.78 Å². The third-order valence-electron chi connectivity index (χ3n) is 4.41. The minimum atomic E-state index is -0.396. The van der Waals surface area contributed by atoms with Crippen LogP contribution in [0.2, 0.25) is 0 Å². The lowest BCUT2D eigenvalue weighted by Crippen LogP contribution is -2.37. The lowest BCUT2D eigenvalue weighted by molar-refractivity contribution is 0.373. The van der Waals surface area contributed by atoms with Crippen molar-refractivity contribution in [2.24, 2.45) is 14.1 Å². The van der Waals surface area contributed by atoms with Gasteiger partial charge in [-0.1, -0.05) is 5.16 Å². The first kappa shape index (κ1) is 16.9. The van der Waals surface area contributed by atoms with E-state index in [4.69, 9.17) is 4.52 Å². The number of aryl methyl sites for hydroxylation is 3. The second kappa shape index (κ2) is 6.63. The average molecular weight is 367 g/mol. The summed E-state index contributed by atoms with van der Waals surface area (Å²) in [6.07, 6.45) is 6.15. The maximum atomic E-state index is 12.4. The van der Waals surface area contributed by atoms with Crippen LogP contribution in [0.3, 0.4) is 0 Å². The number of hydrogen-bond acceptors (Lipinski definition) is 7. The summed E-state index contributed by atoms with van der Waals surface area (Å²) >= 11 is 0. The van der Waals surface area contributed by atoms with Crippen LogP contribution in [0.25, 0.3) is 22.6 Å². The molecule has 0 saturated carbocycles. The zero-order chi connectivity index (χ0) is 19.0. The molecule has 0 atom stereocenters. The van der Waals surface area contributed by atoms with Crippen LogP contribution in [0, 0.1) is 0 Å². The first-order valence-electron chi connectivity index (χ1n) is 8.40. The van der Waals surface area contributed by atoms with E-state index < -0.39 is 5.69 Å². The van der Waals surface area contributed by atoms with Crippen LogP contribution >= 0.6 is 0 Å². The fraction of sp³-hybridized carbons (Fsp3) is 0.294. The smallest absolute Gasteiger partial charge is 0.332 e. The third kappa shape index (κ3) is 2.94. The standard InChI is InChI=1S/C17H17N7O3/c1-22-15-13(16(25)23(2)17(22)26)24(10-19-15)9-3-4-12-20-14(21-27-12)11-5-7-18-8-6-11/h5-8,10H,3-4,9H2,1-2H3. The van der Waals surface area contributed by atoms with Gasteiger partial charge in [-0.3, -0.25) is 18.9 Å². The quantitative estimate of drug-likeness (QED) is 0.505. The molecule has 4 heterocycles. The van der Waals surface area contributed by atoms with Gasteiger partial charge in [-0.2, -0.15) is 4.98 Å². The Morgan fingerprint density at radius 3 is 2.67 bits per heavy atom. The van der Waals surface area contributed by atoms with Crippen molar-refractivity contribution in [3.63, 3.8) is 0 Å². The molecular weight excluding hydrogens is 350 g/mol. The van der Waals surface area contributed by atoms with Gasteiger partial charge in [-0.15, -0.1) is 0 Å². The van der Waals surface area contributed by atoms with Gasteiger partial charge >= 0.3 is 5.69 Å². The summed E-state index contributed by atoms with van der Waals surface area (Å²) in [5, 5.41) is 3.97. The van der Waals surface area contributed by atoms with Crippen LogP contribution in [0.5, 0.6) is 0 Å². The highest BCUT2D eigenvalue weighted by Gasteiger charge is 2.14. The number of aromatic nitrogens is 7. The summed E-state index contributed by atoms with van der Waals surface area (Å²) in [5.41, 5.74) is 0.865. The fourth-order valence-corrected chi connectivity index (χ4v) is 2.94. The van der Waals surface area contributed by atoms with Gasteiger partial charge < -0.3 is 9.09 Å². The minimum absolute atomic E-state index is 0.358. The van der Waals surface area contributed by atoms with Crippen LogP contribution in [0.1, 0.15) is 12.3 Å². The highest BCUT2D eigenvalue weighted by molar-refractivity contribution is 5.69. The SMILES string of the molecule is Cn1c(=O)c2c(ncn2CCCc2nc(-c3ccncc3)no2)n(C)c1=O. The Labute approximate surface area is 152 Å². The number of fused-ring (bicyclic) bond motifs is 1. The second-order valence-electron chi connectivity index (χ2n) is 6.17. The number of imidazole rings is 1. The van der Waals surface area contributed by atoms with Crippen molar-refractivity contribution in [2.75, 3.05) is 0 Å². The lowest BCUT2D eigenvalue weighted by Gasteiger charge is -2.05. The van der Waals surface area contributed by atoms with E-state index in [1.807, 2.05) is 12.1 Å². The van der Waals surface area contributed by atoms with Crippen LogP contribution in [-0.4, -0.2) is 33.8 Å². The monoisotopic (exact) mass is 367 g/mol. The minimum Gasteiger partial charge on any atom is -0.339 e. The molecule has 0 unspecified atom stereocenters. The van der Waals surface area contributed by atoms with Gasteiger partial charge in [0.25, 0.3) is 5.56 Å². The highest BCUT2D eigenvalue weighted by atomic mass is 16.5. The van der Waals surface area contributed by atoms with Crippen molar-refractivity contribution in [1.82, 2.24) is 33.8 Å². The van der Waals surface area contributed by atoms with E-state index in [2.05, 4.69) is 20.1 Å². The summed E-state index contributed by atoms with van der Waals surface area (Å²) in [5.74, 6) is 1.04. The molecule has 4 rings (SSSR count). The molecule has 0 spiro atoms. The molecule has 10 heteroatoms. The Bertz CT molecular complexity index is 1220. The van der Waals surface area contributed by atoms with Gasteiger partial charge in [0.1, 0.15) is 0 Å². The van der Waals surface area contributed by atoms with Gasteiger partial charge in [0.15, 0.2) is 11.2 Å². The molecule has 4 aromatic heterocycles. The lowest BCUT2D eigenvalue weighted by atomic mass is 10.2. The van der Waals surface area contributed by atoms with E-state index in [1.54, 1.807) is 30.3 Å². The van der Waals surface area contributed by atoms with Gasteiger partial charge in [0.05, 0.1) is 6.33 Å². The van der Waals surface area contributed by atoms with Crippen LogP contribution in [0.15, 0.2) is 45.0 Å². The number of rotatable bonds is 5. The van der Waals surface area contributed by atoms with E-state index in [-0.39, 0.29) is 5.56 Å². The Morgan fingerprint density at radius 2 is 1.89 bits per heavy atom. The van der Waals surface area contributed by atoms with Crippen molar-refractivity contribution < 1.29 is 4.52 Å². The van der Waals surface area contributed by atoms with Crippen molar-refractivity contribution in [3.8, 4) is 11.4 Å². The first-order chi connectivity index (χ1) is 13.1. The van der Waals surface area contributed by atoms with E-state index in [0.29, 0.717) is 42.3 Å². The Kier molecular flexibility index (Phi) is 4.15. The molecule has 0 aliphatic rings. The molecule has 10 nitrogen and oxygen atoms in total. The number of pyridine rings is 1. The van der Waals surface area contributed by atoms with Crippen LogP contribution in [0.4, 0.5) is 0 Å². The largest absolute Gasteiger partial charge is 0.339 e. The van der Waals surface area contributed by atoms with Crippen molar-refractivity contribution in [3.05, 3.63) is 57.6 Å². The zero-order valence-corrected chi connectivity index (χ0v) is 14.9. The van der Waals surface area contributed by atoms with E-state index in [1.165, 1.54) is 11.6 Å². The Hall–Kier alpha value is -3.56. The van der Waals surface area contributed by atoms with E-state index >= 15 is 0 Å². The summed E-state index contributed by atoms with van der Waals surface area (Å²) in [6.45, 7) is 0.539. The molecule has 0 amide bonds. The molecule has 0 aliphatic carbocycles. The first-order valence-corrected chi connectivity index (χ1v) is 8.40. The summed E-state index contributed by atoms with van der Waals surface area (Å²) in [6, 6.07) is 3.62. The zero-order valence-electron chi connectivity index (χ0n) is 14.9. The number of nitrogens with zero attached hydrogens (tertiary/aromatic N) is 7. The Balaban J connectivity index is 1.51. The van der Waals surface area contributed by atoms with Gasteiger partial charge in [0, 0.05) is 45.0 Å². The van der Waals surface area contributed by atoms with Gasteiger partial charge in [-0.05, 0) is 18.6 Å². The summed E-state index contributed by atoms with van der Waals surface area (Å²) < 4.78 is 9.48. The average Bonchev–Trinajstić information content (AvgIpc) is 3.33. The summed E-state index contributed by atoms with van der Waals surface area (Å²) in [4.78, 5) is 36.9. The predicted molar refractivity (Wildman–Crippen MR) is 96.1 cm³/mol. The highest BCUT2D eigenvalue weighted by Crippen LogP contribution is 2.15. The predicted octanol–water partition coefficient (Wildman–Crippen LogP) is 0.511. The van der Waals surface area contributed by atoms with Crippen LogP contribution < -0.4 is 11.2 Å². The molecule has 0 N–H and O–H groups in total. The normalized spacial score (nSPS) is 11.3. The van der Waals surface area contributed by atoms with Crippen molar-refractivity contribution in [1.29, 1.82) is 0 Å². The van der Waals surface area contributed by atoms with Crippen molar-refractivity contribution >= 4 is 11.2 Å². The molecule has 0 saturated heterocycles. The van der Waals surface area contributed by atoms with E-state index in [0.717, 1.165) is 10.1 Å². The molecule has 0 aromatic carbocycles. The molecule has 4 aromatic rings. The molecule has 0 bridgehead atoms. The molecule has 0 aliphatic heterocycles. The van der Waals surface area contributed by atoms with Crippen molar-refractivity contribution in [2.45, 2.75) is 19.4 Å². The molecule has 27 heavy (non-hydrogen) atoms. The summed E-state index contributed by atoms with van der Waals surface area (Å²) in [7, 11) is 3.06. The fourth-order valence-electron chi connectivity index (χ4n) is 2.94. The van der Waals surface area contributed by atoms with E-state index in [9.17, 15) is 9.59 Å². The number of hydrogen-bond donors (Lipinski definition) is 0. The second-order valence-corrected chi connectivity index (χ2v) is 6.17. The maximum absolute atomic E-state index is 12.4. The molecule has 0 radical (unpaired) electrons. The third-order valence-corrected chi connectivity index (χ3v) is 4.41. The topological polar surface area (TPSA) is 114 Å².